The van der Waals surface area contributed by atoms with E-state index in [1.54, 1.807) is 0 Å². The minimum Gasteiger partial charge on any atom is -0.850 e. The molecule has 0 saturated carbocycles. The molecule has 40 heavy (non-hydrogen) atoms. The second-order valence-electron chi connectivity index (χ2n) is 9.69. The molecule has 2 amide bonds. The van der Waals surface area contributed by atoms with Gasteiger partial charge in [0, 0.05) is 65.3 Å². The van der Waals surface area contributed by atoms with Crippen molar-refractivity contribution in [2.45, 2.75) is 50.2 Å². The number of carbonyl (C=O) groups is 2. The number of hydrogen-bond donors (Lipinski definition) is 5. The van der Waals surface area contributed by atoms with Crippen molar-refractivity contribution < 1.29 is 44.0 Å². The minimum absolute atomic E-state index is 0. The summed E-state index contributed by atoms with van der Waals surface area (Å²) >= 11 is 0. The molecule has 4 heterocycles. The second kappa shape index (κ2) is 16.2. The molecule has 2 aromatic heterocycles. The third-order valence-corrected chi connectivity index (χ3v) is 6.90. The maximum Gasteiger partial charge on any atom is 2.00 e. The van der Waals surface area contributed by atoms with Crippen molar-refractivity contribution in [3.63, 3.8) is 0 Å². The van der Waals surface area contributed by atoms with Crippen molar-refractivity contribution in [3.8, 4) is 0 Å². The number of nitrogens with two attached hydrogens (primary N) is 1. The summed E-state index contributed by atoms with van der Waals surface area (Å²) in [5.74, 6) is -0.361. The van der Waals surface area contributed by atoms with Crippen LogP contribution in [0.3, 0.4) is 0 Å². The van der Waals surface area contributed by atoms with E-state index >= 15 is 0 Å². The zero-order valence-electron chi connectivity index (χ0n) is 22.7. The quantitative estimate of drug-likeness (QED) is 0.143. The van der Waals surface area contributed by atoms with Gasteiger partial charge in [0.1, 0.15) is 24.2 Å². The average Bonchev–Trinajstić information content (AvgIpc) is 3.48. The standard InChI is InChI=1S/C24H38N10O5.Zn/c25-21-17-22(31-14-30-21)34(15-32-17)24-19(37)18(36)20(39-24)23(38)29-5-3-1-2-4-16(35)33-12-10-27-8-6-26-7-9-28-11-13-33;/h14-15,18-20,24,26-28H,1-13H2,(H,29,38)(H2,25,30,31);/q-2;+2/t18-,19+,20-,24+;/m0./s1. The molecule has 6 N–H and O–H groups in total. The van der Waals surface area contributed by atoms with Gasteiger partial charge in [0.15, 0.2) is 11.5 Å². The molecule has 4 rings (SSSR count). The van der Waals surface area contributed by atoms with Crippen LogP contribution in [0.1, 0.15) is 31.9 Å². The molecule has 2 aliphatic rings. The van der Waals surface area contributed by atoms with E-state index in [0.29, 0.717) is 38.9 Å². The topological polar surface area (TPSA) is 210 Å². The molecule has 2 aromatic rings. The van der Waals surface area contributed by atoms with Crippen LogP contribution in [0, 0.1) is 0 Å². The predicted octanol–water partition coefficient (Wildman–Crippen LogP) is -3.95. The second-order valence-corrected chi connectivity index (χ2v) is 9.69. The zero-order chi connectivity index (χ0) is 27.6. The van der Waals surface area contributed by atoms with Crippen LogP contribution in [0.15, 0.2) is 12.7 Å². The molecule has 2 aliphatic heterocycles. The summed E-state index contributed by atoms with van der Waals surface area (Å²) in [6.07, 6.45) is -1.13. The van der Waals surface area contributed by atoms with Gasteiger partial charge in [0.2, 0.25) is 11.8 Å². The number of unbranched alkanes of at least 4 members (excludes halogenated alkanes) is 2. The summed E-state index contributed by atoms with van der Waals surface area (Å²) in [5, 5.41) is 38.0. The first-order chi connectivity index (χ1) is 19.0. The average molecular weight is 612 g/mol. The molecule has 2 saturated heterocycles. The van der Waals surface area contributed by atoms with E-state index in [1.165, 1.54) is 17.2 Å². The van der Waals surface area contributed by atoms with Gasteiger partial charge in [0.25, 0.3) is 0 Å². The first-order valence-corrected chi connectivity index (χ1v) is 13.5. The molecule has 16 heteroatoms. The van der Waals surface area contributed by atoms with E-state index in [9.17, 15) is 19.8 Å². The number of nitrogens with one attached hydrogen (secondary N) is 4. The number of nitrogen functional groups attached to an aromatic ring is 1. The normalized spacial score (nSPS) is 24.6. The van der Waals surface area contributed by atoms with Crippen LogP contribution in [0.25, 0.3) is 11.2 Å². The van der Waals surface area contributed by atoms with E-state index in [-0.39, 0.29) is 42.4 Å². The Kier molecular flexibility index (Phi) is 13.0. The number of imidazole rings is 1. The smallest absolute Gasteiger partial charge is 0.850 e. The Balaban J connectivity index is 0.00000441. The fourth-order valence-electron chi connectivity index (χ4n) is 4.70. The summed E-state index contributed by atoms with van der Waals surface area (Å²) in [6.45, 7) is 6.72. The van der Waals surface area contributed by atoms with Crippen LogP contribution in [0.4, 0.5) is 5.82 Å². The van der Waals surface area contributed by atoms with E-state index in [0.717, 1.165) is 45.7 Å². The number of hydrogen-bond acceptors (Lipinski definition) is 12. The van der Waals surface area contributed by atoms with Crippen LogP contribution in [-0.2, 0) is 33.8 Å². The van der Waals surface area contributed by atoms with Crippen LogP contribution in [-0.4, -0.2) is 113 Å². The van der Waals surface area contributed by atoms with Crippen LogP contribution >= 0.6 is 0 Å². The number of aromatic nitrogens is 4. The Labute approximate surface area is 245 Å². The van der Waals surface area contributed by atoms with Crippen LogP contribution < -0.4 is 37.2 Å². The van der Waals surface area contributed by atoms with Crippen LogP contribution in [0.5, 0.6) is 0 Å². The van der Waals surface area contributed by atoms with Gasteiger partial charge >= 0.3 is 19.5 Å². The van der Waals surface area contributed by atoms with Gasteiger partial charge in [-0.3, -0.25) is 14.2 Å². The molecule has 216 valence electrons. The van der Waals surface area contributed by atoms with Crippen molar-refractivity contribution in [1.82, 2.24) is 45.7 Å². The summed E-state index contributed by atoms with van der Waals surface area (Å²) in [4.78, 5) is 39.2. The molecule has 2 fully saturated rings. The largest absolute Gasteiger partial charge is 2.00 e. The number of carbonyl (C=O) groups excluding carboxylic acids is 2. The van der Waals surface area contributed by atoms with E-state index < -0.39 is 30.4 Å². The number of amides is 2. The Hall–Kier alpha value is -2.33. The monoisotopic (exact) mass is 610 g/mol. The summed E-state index contributed by atoms with van der Waals surface area (Å²) in [7, 11) is 0. The summed E-state index contributed by atoms with van der Waals surface area (Å²) < 4.78 is 6.91. The predicted molar refractivity (Wildman–Crippen MR) is 138 cm³/mol. The SMILES string of the molecule is Nc1ncnc2c1ncn2[C@@H]1O[C@H](C(=O)NCCCCCC(=O)N2CCNCCNCCNCC2)[C@@H]([O-])[C@H]1[O-].[Zn+2]. The van der Waals surface area contributed by atoms with Crippen molar-refractivity contribution >= 4 is 28.8 Å². The third kappa shape index (κ3) is 8.35. The molecule has 0 bridgehead atoms. The number of ether oxygens (including phenoxy) is 1. The molecule has 15 nitrogen and oxygen atoms in total. The number of rotatable bonds is 8. The first-order valence-electron chi connectivity index (χ1n) is 13.5. The maximum atomic E-state index is 12.7. The molecule has 0 aromatic carbocycles. The Morgan fingerprint density at radius 3 is 2.35 bits per heavy atom. The molecule has 4 atom stereocenters. The molecular formula is C24H38N10O5Zn. The minimum atomic E-state index is -1.79. The van der Waals surface area contributed by atoms with Gasteiger partial charge in [-0.25, -0.2) is 15.0 Å². The fourth-order valence-corrected chi connectivity index (χ4v) is 4.70. The molecular weight excluding hydrogens is 574 g/mol. The number of fused-ring (bicyclic) bond motifs is 1. The van der Waals surface area contributed by atoms with Crippen LogP contribution in [0.2, 0.25) is 0 Å². The van der Waals surface area contributed by atoms with Gasteiger partial charge in [-0.15, -0.1) is 0 Å². The Morgan fingerprint density at radius 1 is 0.975 bits per heavy atom. The summed E-state index contributed by atoms with van der Waals surface area (Å²) in [6, 6.07) is 0. The third-order valence-electron chi connectivity index (χ3n) is 6.90. The molecule has 0 radical (unpaired) electrons. The van der Waals surface area contributed by atoms with Gasteiger partial charge in [-0.05, 0) is 12.8 Å². The number of anilines is 1. The van der Waals surface area contributed by atoms with E-state index in [2.05, 4.69) is 36.2 Å². The van der Waals surface area contributed by atoms with E-state index in [1.807, 2.05) is 4.90 Å². The van der Waals surface area contributed by atoms with Crippen molar-refractivity contribution in [2.75, 3.05) is 64.6 Å². The zero-order valence-corrected chi connectivity index (χ0v) is 25.7. The van der Waals surface area contributed by atoms with Crippen molar-refractivity contribution in [3.05, 3.63) is 12.7 Å². The van der Waals surface area contributed by atoms with Gasteiger partial charge in [-0.2, -0.15) is 0 Å². The van der Waals surface area contributed by atoms with Gasteiger partial charge in [-0.1, -0.05) is 18.6 Å². The fraction of sp³-hybridized carbons (Fsp3) is 0.708. The number of nitrogens with zero attached hydrogens (tertiary/aromatic N) is 5. The maximum absolute atomic E-state index is 12.7. The van der Waals surface area contributed by atoms with Gasteiger partial charge < -0.3 is 46.9 Å². The van der Waals surface area contributed by atoms with E-state index in [4.69, 9.17) is 10.5 Å². The molecule has 0 unspecified atom stereocenters. The molecule has 0 spiro atoms. The Bertz CT molecular complexity index is 1080. The Morgan fingerprint density at radius 2 is 1.65 bits per heavy atom. The van der Waals surface area contributed by atoms with Crippen molar-refractivity contribution in [2.24, 2.45) is 0 Å². The van der Waals surface area contributed by atoms with Gasteiger partial charge in [0.05, 0.1) is 6.33 Å². The van der Waals surface area contributed by atoms with Crippen molar-refractivity contribution in [1.29, 1.82) is 0 Å². The molecule has 0 aliphatic carbocycles. The summed E-state index contributed by atoms with van der Waals surface area (Å²) in [5.41, 5.74) is 6.33. The first kappa shape index (κ1) is 32.2.